The molecule has 0 aromatic carbocycles. The summed E-state index contributed by atoms with van der Waals surface area (Å²) in [5.74, 6) is 0.691. The predicted octanol–water partition coefficient (Wildman–Crippen LogP) is 3.52. The van der Waals surface area contributed by atoms with E-state index in [1.807, 2.05) is 13.8 Å². The van der Waals surface area contributed by atoms with Gasteiger partial charge in [-0.2, -0.15) is 0 Å². The third-order valence-electron chi connectivity index (χ3n) is 9.98. The van der Waals surface area contributed by atoms with Crippen molar-refractivity contribution in [2.75, 3.05) is 20.3 Å². The number of ether oxygens (including phenoxy) is 4. The fraction of sp³-hybridized carbons (Fsp3) is 0.812. The van der Waals surface area contributed by atoms with E-state index in [2.05, 4.69) is 40.3 Å². The van der Waals surface area contributed by atoms with Crippen LogP contribution in [0.3, 0.4) is 0 Å². The van der Waals surface area contributed by atoms with Crippen molar-refractivity contribution in [3.63, 3.8) is 0 Å². The first-order valence-corrected chi connectivity index (χ1v) is 15.0. The number of allylic oxidation sites excluding steroid dienone is 2. The number of rotatable bonds is 9. The van der Waals surface area contributed by atoms with E-state index in [4.69, 9.17) is 18.9 Å². The molecule has 1 heterocycles. The summed E-state index contributed by atoms with van der Waals surface area (Å²) in [5, 5.41) is 44.5. The smallest absolute Gasteiger partial charge is 0.187 e. The van der Waals surface area contributed by atoms with E-state index >= 15 is 0 Å². The lowest BCUT2D eigenvalue weighted by Crippen LogP contribution is -2.61. The maximum Gasteiger partial charge on any atom is 0.187 e. The molecular formula is C32H52O8. The summed E-state index contributed by atoms with van der Waals surface area (Å²) in [6, 6.07) is 0. The molecule has 40 heavy (non-hydrogen) atoms. The SMILES string of the molecule is C=CC(C)(C)OC[C@H]1O[C@H](O[C@@H]2C3=C(C(C)C)CC[C@]3(C)C=C3[C@@H](COC)CC[C@H]3[C@@H](C)[C@H]2O)[C@H](O)[C@@H](O)[C@@H]1O. The van der Waals surface area contributed by atoms with Gasteiger partial charge in [-0.1, -0.05) is 51.0 Å². The lowest BCUT2D eigenvalue weighted by Gasteiger charge is -2.46. The number of aliphatic hydroxyl groups is 4. The molecule has 4 rings (SSSR count). The molecule has 228 valence electrons. The summed E-state index contributed by atoms with van der Waals surface area (Å²) in [5.41, 5.74) is 2.69. The van der Waals surface area contributed by atoms with Gasteiger partial charge in [0.15, 0.2) is 6.29 Å². The van der Waals surface area contributed by atoms with Crippen LogP contribution in [0, 0.1) is 29.1 Å². The largest absolute Gasteiger partial charge is 0.390 e. The molecule has 0 unspecified atom stereocenters. The topological polar surface area (TPSA) is 118 Å². The minimum absolute atomic E-state index is 0.0276. The molecule has 0 spiro atoms. The van der Waals surface area contributed by atoms with Gasteiger partial charge in [-0.05, 0) is 62.9 Å². The molecule has 11 atom stereocenters. The Kier molecular flexibility index (Phi) is 9.75. The minimum atomic E-state index is -1.49. The highest BCUT2D eigenvalue weighted by Crippen LogP contribution is 2.55. The number of fused-ring (bicyclic) bond motifs is 2. The van der Waals surface area contributed by atoms with Crippen LogP contribution in [0.25, 0.3) is 0 Å². The van der Waals surface area contributed by atoms with Crippen LogP contribution in [0.15, 0.2) is 35.5 Å². The molecule has 3 aliphatic carbocycles. The molecule has 4 N–H and O–H groups in total. The van der Waals surface area contributed by atoms with Gasteiger partial charge in [0.1, 0.15) is 30.5 Å². The van der Waals surface area contributed by atoms with Crippen molar-refractivity contribution in [2.45, 2.75) is 116 Å². The van der Waals surface area contributed by atoms with Gasteiger partial charge in [0.25, 0.3) is 0 Å². The second-order valence-electron chi connectivity index (χ2n) is 13.5. The molecule has 0 aromatic heterocycles. The number of hydrogen-bond acceptors (Lipinski definition) is 8. The molecule has 0 aromatic rings. The fourth-order valence-corrected chi connectivity index (χ4v) is 7.34. The van der Waals surface area contributed by atoms with Crippen LogP contribution < -0.4 is 0 Å². The monoisotopic (exact) mass is 564 g/mol. The van der Waals surface area contributed by atoms with Gasteiger partial charge in [0, 0.05) is 18.4 Å². The lowest BCUT2D eigenvalue weighted by atomic mass is 9.68. The molecular weight excluding hydrogens is 512 g/mol. The average molecular weight is 565 g/mol. The van der Waals surface area contributed by atoms with E-state index in [9.17, 15) is 20.4 Å². The van der Waals surface area contributed by atoms with Gasteiger partial charge in [-0.3, -0.25) is 0 Å². The normalized spacial score (nSPS) is 42.4. The number of methoxy groups -OCH3 is 1. The highest BCUT2D eigenvalue weighted by molar-refractivity contribution is 5.41. The average Bonchev–Trinajstić information content (AvgIpc) is 3.45. The maximum absolute atomic E-state index is 12.0. The Morgan fingerprint density at radius 2 is 1.80 bits per heavy atom. The van der Waals surface area contributed by atoms with Gasteiger partial charge in [0.05, 0.1) is 24.9 Å². The quantitative estimate of drug-likeness (QED) is 0.314. The second kappa shape index (κ2) is 12.3. The minimum Gasteiger partial charge on any atom is -0.390 e. The van der Waals surface area contributed by atoms with E-state index in [1.165, 1.54) is 11.1 Å². The predicted molar refractivity (Wildman–Crippen MR) is 152 cm³/mol. The highest BCUT2D eigenvalue weighted by atomic mass is 16.7. The Hall–Kier alpha value is -1.10. The standard InChI is InChI=1S/C32H52O8/c1-9-31(5,6)38-16-23-26(34)27(35)28(36)30(39-23)40-29-24-20(17(2)3)12-13-32(24,7)14-22-19(15-37-8)10-11-21(22)18(4)25(29)33/h9,14,17-19,21,23,25-30,33-36H,1,10-13,15-16H2,2-8H3/t18-,19-,21+,23-,25-,26-,27+,28-,29-,30-,32-/m1/s1. The summed E-state index contributed by atoms with van der Waals surface area (Å²) in [6.45, 7) is 16.7. The molecule has 1 saturated carbocycles. The van der Waals surface area contributed by atoms with Crippen molar-refractivity contribution in [3.05, 3.63) is 35.5 Å². The number of aliphatic hydroxyl groups excluding tert-OH is 4. The zero-order valence-electron chi connectivity index (χ0n) is 25.4. The Bertz CT molecular complexity index is 972. The van der Waals surface area contributed by atoms with Gasteiger partial charge >= 0.3 is 0 Å². The fourth-order valence-electron chi connectivity index (χ4n) is 7.34. The maximum atomic E-state index is 12.0. The summed E-state index contributed by atoms with van der Waals surface area (Å²) >= 11 is 0. The molecule has 1 aliphatic heterocycles. The van der Waals surface area contributed by atoms with Gasteiger partial charge in [-0.15, -0.1) is 6.58 Å². The van der Waals surface area contributed by atoms with Crippen LogP contribution >= 0.6 is 0 Å². The zero-order valence-corrected chi connectivity index (χ0v) is 25.4. The number of hydrogen-bond donors (Lipinski definition) is 4. The van der Waals surface area contributed by atoms with Crippen molar-refractivity contribution in [1.82, 2.24) is 0 Å². The van der Waals surface area contributed by atoms with Crippen LogP contribution in [0.1, 0.15) is 67.2 Å². The summed E-state index contributed by atoms with van der Waals surface area (Å²) in [7, 11) is 1.75. The second-order valence-corrected chi connectivity index (χ2v) is 13.5. The van der Waals surface area contributed by atoms with E-state index in [0.29, 0.717) is 12.5 Å². The molecule has 8 nitrogen and oxygen atoms in total. The third-order valence-corrected chi connectivity index (χ3v) is 9.98. The van der Waals surface area contributed by atoms with Crippen molar-refractivity contribution < 1.29 is 39.4 Å². The van der Waals surface area contributed by atoms with Crippen molar-refractivity contribution in [2.24, 2.45) is 29.1 Å². The first-order chi connectivity index (χ1) is 18.7. The van der Waals surface area contributed by atoms with Crippen LogP contribution in [0.4, 0.5) is 0 Å². The van der Waals surface area contributed by atoms with Gasteiger partial charge in [-0.25, -0.2) is 0 Å². The summed E-state index contributed by atoms with van der Waals surface area (Å²) < 4.78 is 24.1. The van der Waals surface area contributed by atoms with E-state index in [1.54, 1.807) is 13.2 Å². The molecule has 4 aliphatic rings. The first kappa shape index (κ1) is 31.8. The van der Waals surface area contributed by atoms with Crippen LogP contribution in [-0.4, -0.2) is 89.3 Å². The molecule has 0 radical (unpaired) electrons. The Morgan fingerprint density at radius 3 is 2.42 bits per heavy atom. The highest BCUT2D eigenvalue weighted by Gasteiger charge is 2.52. The summed E-state index contributed by atoms with van der Waals surface area (Å²) in [6.07, 6.45) is -0.250. The van der Waals surface area contributed by atoms with Crippen molar-refractivity contribution in [1.29, 1.82) is 0 Å². The first-order valence-electron chi connectivity index (χ1n) is 15.0. The van der Waals surface area contributed by atoms with Crippen molar-refractivity contribution >= 4 is 0 Å². The van der Waals surface area contributed by atoms with Crippen LogP contribution in [-0.2, 0) is 18.9 Å². The molecule has 2 fully saturated rings. The molecule has 8 heteroatoms. The molecule has 0 bridgehead atoms. The summed E-state index contributed by atoms with van der Waals surface area (Å²) in [4.78, 5) is 0. The zero-order chi connectivity index (χ0) is 29.6. The van der Waals surface area contributed by atoms with Gasteiger partial charge in [0.2, 0.25) is 0 Å². The third kappa shape index (κ3) is 6.02. The van der Waals surface area contributed by atoms with Crippen molar-refractivity contribution in [3.8, 4) is 0 Å². The lowest BCUT2D eigenvalue weighted by molar-refractivity contribution is -0.319. The van der Waals surface area contributed by atoms with Gasteiger partial charge < -0.3 is 39.4 Å². The van der Waals surface area contributed by atoms with E-state index < -0.39 is 48.5 Å². The van der Waals surface area contributed by atoms with E-state index in [0.717, 1.165) is 31.3 Å². The Labute approximate surface area is 240 Å². The Morgan fingerprint density at radius 1 is 1.10 bits per heavy atom. The molecule has 1 saturated heterocycles. The van der Waals surface area contributed by atoms with E-state index in [-0.39, 0.29) is 29.8 Å². The van der Waals surface area contributed by atoms with Crippen LogP contribution in [0.5, 0.6) is 0 Å². The Balaban J connectivity index is 1.70. The molecule has 0 amide bonds. The van der Waals surface area contributed by atoms with Crippen LogP contribution in [0.2, 0.25) is 0 Å².